The summed E-state index contributed by atoms with van der Waals surface area (Å²) in [4.78, 5) is 23.7. The maximum absolute atomic E-state index is 13.0. The van der Waals surface area contributed by atoms with Gasteiger partial charge in [-0.2, -0.15) is 13.2 Å². The number of fused-ring (bicyclic) bond motifs is 1. The molecule has 2 rings (SSSR count). The van der Waals surface area contributed by atoms with Gasteiger partial charge in [0.05, 0.1) is 16.0 Å². The van der Waals surface area contributed by atoms with E-state index < -0.39 is 56.7 Å². The second-order valence-corrected chi connectivity index (χ2v) is 4.45. The van der Waals surface area contributed by atoms with E-state index in [1.807, 2.05) is 0 Å². The molecule has 23 heavy (non-hydrogen) atoms. The molecular weight excluding hydrogens is 357 g/mol. The molecule has 0 saturated heterocycles. The number of carbonyl (C=O) groups is 1. The van der Waals surface area contributed by atoms with Crippen LogP contribution in [-0.4, -0.2) is 25.7 Å². The maximum atomic E-state index is 13.0. The number of alkyl halides is 5. The first-order valence-electron chi connectivity index (χ1n) is 5.44. The number of aromatic nitrogens is 2. The maximum Gasteiger partial charge on any atom is 0.418 e. The number of hydrogen-bond acceptors (Lipinski definition) is 4. The van der Waals surface area contributed by atoms with Gasteiger partial charge >= 0.3 is 18.0 Å². The van der Waals surface area contributed by atoms with Crippen molar-refractivity contribution in [3.63, 3.8) is 0 Å². The van der Waals surface area contributed by atoms with Crippen molar-refractivity contribution in [1.29, 1.82) is 0 Å². The van der Waals surface area contributed by atoms with Gasteiger partial charge in [0.2, 0.25) is 5.28 Å². The second-order valence-electron chi connectivity index (χ2n) is 4.11. The fourth-order valence-electron chi connectivity index (χ4n) is 2.00. The fourth-order valence-corrected chi connectivity index (χ4v) is 2.25. The van der Waals surface area contributed by atoms with E-state index in [4.69, 9.17) is 16.7 Å². The minimum absolute atomic E-state index is 0.0222. The summed E-state index contributed by atoms with van der Waals surface area (Å²) in [7, 11) is 0. The van der Waals surface area contributed by atoms with Gasteiger partial charge in [-0.25, -0.2) is 23.1 Å². The summed E-state index contributed by atoms with van der Waals surface area (Å²) in [5.41, 5.74) is -7.49. The van der Waals surface area contributed by atoms with E-state index in [1.54, 1.807) is 0 Å². The predicted octanol–water partition coefficient (Wildman–Crippen LogP) is 4.08. The third kappa shape index (κ3) is 2.65. The Morgan fingerprint density at radius 1 is 1.43 bits per heavy atom. The number of imidazole rings is 1. The monoisotopic (exact) mass is 359 g/mol. The number of rotatable bonds is 2. The van der Waals surface area contributed by atoms with Crippen molar-refractivity contribution in [3.8, 4) is 0 Å². The normalized spacial score (nSPS) is 12.1. The fraction of sp³-hybridized carbons (Fsp3) is 0.200. The standard InChI is InChI=1S/C10H3ClF5N3O4/c11-8-17-5-3(18(8)9(20)21)1-2(10(14,15)16)4(7(12)13)6(5)19(22)23/h1,7H,(H,20,21). The van der Waals surface area contributed by atoms with Crippen LogP contribution in [0.5, 0.6) is 0 Å². The number of carboxylic acid groups (broad SMARTS) is 1. The first-order chi connectivity index (χ1) is 10.5. The molecule has 0 unspecified atom stereocenters. The average molecular weight is 360 g/mol. The Hall–Kier alpha value is -2.50. The quantitative estimate of drug-likeness (QED) is 0.495. The molecule has 0 amide bonds. The molecule has 7 nitrogen and oxygen atoms in total. The first-order valence-corrected chi connectivity index (χ1v) is 5.82. The van der Waals surface area contributed by atoms with Gasteiger partial charge in [-0.3, -0.25) is 10.1 Å². The van der Waals surface area contributed by atoms with Crippen molar-refractivity contribution >= 4 is 34.4 Å². The molecule has 0 radical (unpaired) electrons. The van der Waals surface area contributed by atoms with Gasteiger partial charge < -0.3 is 5.11 Å². The van der Waals surface area contributed by atoms with Crippen molar-refractivity contribution in [3.05, 3.63) is 32.6 Å². The lowest BCUT2D eigenvalue weighted by molar-refractivity contribution is -0.384. The Morgan fingerprint density at radius 3 is 2.39 bits per heavy atom. The molecular formula is C10H3ClF5N3O4. The summed E-state index contributed by atoms with van der Waals surface area (Å²) in [6.07, 6.45) is -11.1. The molecule has 0 bridgehead atoms. The minimum atomic E-state index is -5.38. The zero-order valence-corrected chi connectivity index (χ0v) is 11.2. The number of benzene rings is 1. The van der Waals surface area contributed by atoms with Crippen LogP contribution in [0.15, 0.2) is 6.07 Å². The molecule has 124 valence electrons. The Kier molecular flexibility index (Phi) is 3.88. The molecule has 0 spiro atoms. The summed E-state index contributed by atoms with van der Waals surface area (Å²) in [5, 5.41) is 18.9. The average Bonchev–Trinajstić information content (AvgIpc) is 2.70. The highest BCUT2D eigenvalue weighted by Gasteiger charge is 2.43. The van der Waals surface area contributed by atoms with E-state index in [0.29, 0.717) is 0 Å². The zero-order chi connectivity index (χ0) is 17.7. The number of nitro groups is 1. The summed E-state index contributed by atoms with van der Waals surface area (Å²) in [6.45, 7) is 0. The van der Waals surface area contributed by atoms with Gasteiger partial charge in [-0.1, -0.05) is 0 Å². The summed E-state index contributed by atoms with van der Waals surface area (Å²) in [6, 6.07) is 0.0385. The predicted molar refractivity (Wildman–Crippen MR) is 64.8 cm³/mol. The molecule has 13 heteroatoms. The van der Waals surface area contributed by atoms with Gasteiger partial charge in [-0.05, 0) is 17.7 Å². The smallest absolute Gasteiger partial charge is 0.418 e. The lowest BCUT2D eigenvalue weighted by atomic mass is 10.0. The van der Waals surface area contributed by atoms with Gasteiger partial charge in [0, 0.05) is 0 Å². The third-order valence-corrected chi connectivity index (χ3v) is 3.07. The minimum Gasteiger partial charge on any atom is -0.464 e. The molecule has 0 aliphatic rings. The van der Waals surface area contributed by atoms with Crippen molar-refractivity contribution in [2.75, 3.05) is 0 Å². The van der Waals surface area contributed by atoms with Crippen LogP contribution in [0, 0.1) is 10.1 Å². The van der Waals surface area contributed by atoms with Crippen LogP contribution in [0.2, 0.25) is 5.28 Å². The highest BCUT2D eigenvalue weighted by atomic mass is 35.5. The number of hydrogen-bond donors (Lipinski definition) is 1. The Bertz CT molecular complexity index is 832. The van der Waals surface area contributed by atoms with Crippen LogP contribution in [-0.2, 0) is 6.18 Å². The lowest BCUT2D eigenvalue weighted by Crippen LogP contribution is -2.14. The Labute approximate surface area is 127 Å². The van der Waals surface area contributed by atoms with E-state index in [9.17, 15) is 36.9 Å². The Morgan fingerprint density at radius 2 is 2.00 bits per heavy atom. The van der Waals surface area contributed by atoms with Crippen molar-refractivity contribution in [1.82, 2.24) is 9.55 Å². The van der Waals surface area contributed by atoms with E-state index in [-0.39, 0.29) is 10.6 Å². The molecule has 0 atom stereocenters. The van der Waals surface area contributed by atoms with Gasteiger partial charge in [-0.15, -0.1) is 0 Å². The Balaban J connectivity index is 3.11. The highest BCUT2D eigenvalue weighted by Crippen LogP contribution is 2.45. The van der Waals surface area contributed by atoms with Gasteiger partial charge in [0.1, 0.15) is 5.56 Å². The molecule has 1 N–H and O–H groups in total. The summed E-state index contributed by atoms with van der Waals surface area (Å²) >= 11 is 5.42. The van der Waals surface area contributed by atoms with Crippen LogP contribution in [0.1, 0.15) is 17.6 Å². The molecule has 0 saturated carbocycles. The van der Waals surface area contributed by atoms with Gasteiger partial charge in [0.15, 0.2) is 5.52 Å². The number of nitrogens with zero attached hydrogens (tertiary/aromatic N) is 3. The van der Waals surface area contributed by atoms with E-state index in [2.05, 4.69) is 4.98 Å². The van der Waals surface area contributed by atoms with Crippen LogP contribution in [0.4, 0.5) is 32.4 Å². The first kappa shape index (κ1) is 16.9. The number of nitro benzene ring substituents is 1. The van der Waals surface area contributed by atoms with Crippen LogP contribution >= 0.6 is 11.6 Å². The molecule has 0 fully saturated rings. The summed E-state index contributed by atoms with van der Waals surface area (Å²) < 4.78 is 64.9. The van der Waals surface area contributed by atoms with Crippen LogP contribution < -0.4 is 0 Å². The van der Waals surface area contributed by atoms with E-state index in [0.717, 1.165) is 0 Å². The summed E-state index contributed by atoms with van der Waals surface area (Å²) in [5.74, 6) is 0. The van der Waals surface area contributed by atoms with E-state index in [1.165, 1.54) is 0 Å². The van der Waals surface area contributed by atoms with Crippen molar-refractivity contribution in [2.24, 2.45) is 0 Å². The van der Waals surface area contributed by atoms with Crippen LogP contribution in [0.3, 0.4) is 0 Å². The number of halogens is 6. The van der Waals surface area contributed by atoms with E-state index >= 15 is 0 Å². The SMILES string of the molecule is O=C(O)n1c(Cl)nc2c([N+](=O)[O-])c(C(F)F)c(C(F)(F)F)cc21. The van der Waals surface area contributed by atoms with Crippen molar-refractivity contribution < 1.29 is 36.8 Å². The van der Waals surface area contributed by atoms with Crippen molar-refractivity contribution in [2.45, 2.75) is 12.6 Å². The third-order valence-electron chi connectivity index (χ3n) is 2.82. The molecule has 2 aromatic rings. The molecule has 0 aliphatic carbocycles. The molecule has 1 aromatic heterocycles. The lowest BCUT2D eigenvalue weighted by Gasteiger charge is -2.13. The largest absolute Gasteiger partial charge is 0.464 e. The molecule has 1 aromatic carbocycles. The topological polar surface area (TPSA) is 98.3 Å². The second kappa shape index (κ2) is 5.30. The molecule has 1 heterocycles. The van der Waals surface area contributed by atoms with Crippen LogP contribution in [0.25, 0.3) is 11.0 Å². The molecule has 0 aliphatic heterocycles. The zero-order valence-electron chi connectivity index (χ0n) is 10.4. The van der Waals surface area contributed by atoms with Gasteiger partial charge in [0.25, 0.3) is 6.43 Å². The highest BCUT2D eigenvalue weighted by molar-refractivity contribution is 6.30.